The van der Waals surface area contributed by atoms with Gasteiger partial charge in [0.15, 0.2) is 0 Å². The van der Waals surface area contributed by atoms with Gasteiger partial charge in [-0.25, -0.2) is 13.1 Å². The molecule has 0 saturated heterocycles. The summed E-state index contributed by atoms with van der Waals surface area (Å²) in [7, 11) is -1.72. The Labute approximate surface area is 107 Å². The predicted molar refractivity (Wildman–Crippen MR) is 68.6 cm³/mol. The predicted octanol–water partition coefficient (Wildman–Crippen LogP) is 0.00820. The van der Waals surface area contributed by atoms with Gasteiger partial charge < -0.3 is 5.32 Å². The number of aryl methyl sites for hydroxylation is 1. The zero-order valence-corrected chi connectivity index (χ0v) is 11.2. The van der Waals surface area contributed by atoms with Crippen LogP contribution in [0.25, 0.3) is 0 Å². The SMILES string of the molecule is Cn1cc(S(=O)(=O)NCCC2=CCNCC2)cn1. The summed E-state index contributed by atoms with van der Waals surface area (Å²) in [6.45, 7) is 2.29. The molecule has 0 fully saturated rings. The van der Waals surface area contributed by atoms with E-state index in [-0.39, 0.29) is 4.90 Å². The van der Waals surface area contributed by atoms with Gasteiger partial charge in [0.05, 0.1) is 6.20 Å². The Hall–Kier alpha value is -1.18. The Bertz CT molecular complexity index is 533. The normalized spacial score (nSPS) is 16.6. The van der Waals surface area contributed by atoms with Crippen LogP contribution in [0.5, 0.6) is 0 Å². The Morgan fingerprint density at radius 1 is 1.56 bits per heavy atom. The summed E-state index contributed by atoms with van der Waals surface area (Å²) in [6.07, 6.45) is 6.73. The number of sulfonamides is 1. The highest BCUT2D eigenvalue weighted by Gasteiger charge is 2.15. The monoisotopic (exact) mass is 270 g/mol. The summed E-state index contributed by atoms with van der Waals surface area (Å²) in [4.78, 5) is 0.212. The van der Waals surface area contributed by atoms with Crippen LogP contribution in [0.1, 0.15) is 12.8 Å². The van der Waals surface area contributed by atoms with Gasteiger partial charge in [-0.05, 0) is 19.4 Å². The van der Waals surface area contributed by atoms with Crippen LogP contribution in [-0.2, 0) is 17.1 Å². The van der Waals surface area contributed by atoms with E-state index in [4.69, 9.17) is 0 Å². The van der Waals surface area contributed by atoms with E-state index in [1.54, 1.807) is 7.05 Å². The third-order valence-electron chi connectivity index (χ3n) is 2.89. The van der Waals surface area contributed by atoms with Gasteiger partial charge in [-0.2, -0.15) is 5.10 Å². The minimum atomic E-state index is -3.42. The van der Waals surface area contributed by atoms with Crippen LogP contribution in [0.4, 0.5) is 0 Å². The van der Waals surface area contributed by atoms with Crippen LogP contribution < -0.4 is 10.0 Å². The van der Waals surface area contributed by atoms with Gasteiger partial charge in [0.1, 0.15) is 4.90 Å². The Morgan fingerprint density at radius 2 is 2.39 bits per heavy atom. The van der Waals surface area contributed by atoms with Crippen LogP contribution in [-0.4, -0.2) is 37.8 Å². The van der Waals surface area contributed by atoms with Crippen molar-refractivity contribution in [2.45, 2.75) is 17.7 Å². The maximum atomic E-state index is 11.9. The largest absolute Gasteiger partial charge is 0.313 e. The van der Waals surface area contributed by atoms with Crippen LogP contribution in [0, 0.1) is 0 Å². The van der Waals surface area contributed by atoms with Crippen molar-refractivity contribution in [3.63, 3.8) is 0 Å². The van der Waals surface area contributed by atoms with Gasteiger partial charge in [0.2, 0.25) is 10.0 Å². The van der Waals surface area contributed by atoms with Gasteiger partial charge in [-0.3, -0.25) is 4.68 Å². The van der Waals surface area contributed by atoms with Crippen molar-refractivity contribution in [1.29, 1.82) is 0 Å². The zero-order chi connectivity index (χ0) is 13.0. The Morgan fingerprint density at radius 3 is 3.00 bits per heavy atom. The fourth-order valence-electron chi connectivity index (χ4n) is 1.86. The van der Waals surface area contributed by atoms with E-state index < -0.39 is 10.0 Å². The molecule has 18 heavy (non-hydrogen) atoms. The molecular weight excluding hydrogens is 252 g/mol. The van der Waals surface area contributed by atoms with Crippen LogP contribution in [0.3, 0.4) is 0 Å². The minimum Gasteiger partial charge on any atom is -0.313 e. The number of hydrogen-bond acceptors (Lipinski definition) is 4. The topological polar surface area (TPSA) is 76.0 Å². The van der Waals surface area contributed by atoms with Crippen molar-refractivity contribution >= 4 is 10.0 Å². The molecule has 7 heteroatoms. The van der Waals surface area contributed by atoms with Crippen molar-refractivity contribution < 1.29 is 8.42 Å². The fourth-order valence-corrected chi connectivity index (χ4v) is 2.88. The molecule has 0 aliphatic carbocycles. The molecule has 0 bridgehead atoms. The van der Waals surface area contributed by atoms with E-state index in [1.165, 1.54) is 22.6 Å². The molecule has 2 rings (SSSR count). The van der Waals surface area contributed by atoms with E-state index in [1.807, 2.05) is 0 Å². The number of hydrogen-bond donors (Lipinski definition) is 2. The fraction of sp³-hybridized carbons (Fsp3) is 0.545. The highest BCUT2D eigenvalue weighted by molar-refractivity contribution is 7.89. The standard InChI is InChI=1S/C11H18N4O2S/c1-15-9-11(8-13-15)18(16,17)14-7-4-10-2-5-12-6-3-10/h2,8-9,12,14H,3-7H2,1H3. The first kappa shape index (κ1) is 13.3. The van der Waals surface area contributed by atoms with Crippen LogP contribution in [0.15, 0.2) is 28.9 Å². The second-order valence-corrected chi connectivity index (χ2v) is 6.08. The molecule has 2 heterocycles. The van der Waals surface area contributed by atoms with E-state index in [9.17, 15) is 8.42 Å². The lowest BCUT2D eigenvalue weighted by atomic mass is 10.1. The first-order valence-corrected chi connectivity index (χ1v) is 7.43. The summed E-state index contributed by atoms with van der Waals surface area (Å²) >= 11 is 0. The summed E-state index contributed by atoms with van der Waals surface area (Å²) in [5, 5.41) is 7.08. The molecule has 1 aliphatic rings. The molecule has 0 atom stereocenters. The lowest BCUT2D eigenvalue weighted by Gasteiger charge is -2.13. The number of nitrogens with zero attached hydrogens (tertiary/aromatic N) is 2. The average molecular weight is 270 g/mol. The van der Waals surface area contributed by atoms with E-state index in [0.717, 1.165) is 25.9 Å². The van der Waals surface area contributed by atoms with Crippen LogP contribution in [0.2, 0.25) is 0 Å². The number of aromatic nitrogens is 2. The highest BCUT2D eigenvalue weighted by atomic mass is 32.2. The first-order valence-electron chi connectivity index (χ1n) is 5.95. The molecule has 2 N–H and O–H groups in total. The second kappa shape index (κ2) is 5.64. The zero-order valence-electron chi connectivity index (χ0n) is 10.4. The van der Waals surface area contributed by atoms with Gasteiger partial charge in [-0.1, -0.05) is 11.6 Å². The van der Waals surface area contributed by atoms with Crippen molar-refractivity contribution in [3.8, 4) is 0 Å². The van der Waals surface area contributed by atoms with Crippen molar-refractivity contribution in [1.82, 2.24) is 19.8 Å². The Kier molecular flexibility index (Phi) is 4.15. The van der Waals surface area contributed by atoms with Crippen molar-refractivity contribution in [2.75, 3.05) is 19.6 Å². The maximum absolute atomic E-state index is 11.9. The quantitative estimate of drug-likeness (QED) is 0.739. The third kappa shape index (κ3) is 3.41. The van der Waals surface area contributed by atoms with Crippen LogP contribution >= 0.6 is 0 Å². The molecule has 0 spiro atoms. The minimum absolute atomic E-state index is 0.212. The third-order valence-corrected chi connectivity index (χ3v) is 4.30. The average Bonchev–Trinajstić information content (AvgIpc) is 2.78. The highest BCUT2D eigenvalue weighted by Crippen LogP contribution is 2.10. The smallest absolute Gasteiger partial charge is 0.243 e. The molecule has 100 valence electrons. The van der Waals surface area contributed by atoms with Gasteiger partial charge >= 0.3 is 0 Å². The second-order valence-electron chi connectivity index (χ2n) is 4.31. The summed E-state index contributed by atoms with van der Waals surface area (Å²) in [6, 6.07) is 0. The molecular formula is C11H18N4O2S. The first-order chi connectivity index (χ1) is 8.58. The molecule has 1 aromatic heterocycles. The maximum Gasteiger partial charge on any atom is 0.243 e. The summed E-state index contributed by atoms with van der Waals surface area (Å²) in [5.41, 5.74) is 1.31. The Balaban J connectivity index is 1.87. The molecule has 0 amide bonds. The lowest BCUT2D eigenvalue weighted by molar-refractivity contribution is 0.579. The molecule has 6 nitrogen and oxygen atoms in total. The summed E-state index contributed by atoms with van der Waals surface area (Å²) in [5.74, 6) is 0. The molecule has 1 aromatic rings. The molecule has 1 aliphatic heterocycles. The van der Waals surface area contributed by atoms with Gasteiger partial charge in [0.25, 0.3) is 0 Å². The molecule has 0 radical (unpaired) electrons. The molecule has 0 aromatic carbocycles. The molecule has 0 saturated carbocycles. The lowest BCUT2D eigenvalue weighted by Crippen LogP contribution is -2.26. The van der Waals surface area contributed by atoms with Gasteiger partial charge in [-0.15, -0.1) is 0 Å². The van der Waals surface area contributed by atoms with Crippen molar-refractivity contribution in [2.24, 2.45) is 7.05 Å². The number of rotatable bonds is 5. The van der Waals surface area contributed by atoms with Gasteiger partial charge in [0, 0.05) is 26.3 Å². The van der Waals surface area contributed by atoms with E-state index in [2.05, 4.69) is 21.2 Å². The van der Waals surface area contributed by atoms with E-state index >= 15 is 0 Å². The number of nitrogens with one attached hydrogen (secondary N) is 2. The molecule has 0 unspecified atom stereocenters. The van der Waals surface area contributed by atoms with Crippen molar-refractivity contribution in [3.05, 3.63) is 24.0 Å². The van der Waals surface area contributed by atoms with E-state index in [0.29, 0.717) is 6.54 Å². The summed E-state index contributed by atoms with van der Waals surface area (Å²) < 4.78 is 27.9.